The molecule has 1 heterocycles. The monoisotopic (exact) mass is 307 g/mol. The van der Waals surface area contributed by atoms with Gasteiger partial charge in [0.25, 0.3) is 0 Å². The summed E-state index contributed by atoms with van der Waals surface area (Å²) >= 11 is 0. The van der Waals surface area contributed by atoms with Crippen molar-refractivity contribution < 1.29 is 9.53 Å². The first kappa shape index (κ1) is 16.9. The van der Waals surface area contributed by atoms with Crippen LogP contribution in [-0.2, 0) is 4.74 Å². The number of carbonyl (C=O) groups excluding carboxylic acids is 1. The van der Waals surface area contributed by atoms with E-state index in [-0.39, 0.29) is 18.4 Å². The molecule has 21 heavy (non-hydrogen) atoms. The molecule has 0 saturated carbocycles. The average molecular weight is 308 g/mol. The first-order chi connectivity index (χ1) is 9.58. The molecular formula is C15H18ClN3O2. The molecule has 1 aromatic carbocycles. The highest BCUT2D eigenvalue weighted by Gasteiger charge is 2.07. The van der Waals surface area contributed by atoms with Crippen LogP contribution in [0.4, 0.5) is 11.6 Å². The summed E-state index contributed by atoms with van der Waals surface area (Å²) in [7, 11) is 0. The summed E-state index contributed by atoms with van der Waals surface area (Å²) in [4.78, 5) is 20.3. The number of nitrogens with one attached hydrogen (secondary N) is 1. The van der Waals surface area contributed by atoms with E-state index in [9.17, 15) is 4.79 Å². The van der Waals surface area contributed by atoms with Gasteiger partial charge in [0.1, 0.15) is 0 Å². The summed E-state index contributed by atoms with van der Waals surface area (Å²) in [6.07, 6.45) is 0. The van der Waals surface area contributed by atoms with Crippen LogP contribution in [0.3, 0.4) is 0 Å². The number of esters is 1. The molecule has 0 unspecified atom stereocenters. The lowest BCUT2D eigenvalue weighted by atomic mass is 10.2. The van der Waals surface area contributed by atoms with E-state index in [1.165, 1.54) is 0 Å². The van der Waals surface area contributed by atoms with Crippen molar-refractivity contribution in [3.8, 4) is 0 Å². The highest BCUT2D eigenvalue weighted by Crippen LogP contribution is 2.16. The third kappa shape index (κ3) is 4.72. The van der Waals surface area contributed by atoms with E-state index >= 15 is 0 Å². The molecule has 0 aliphatic heterocycles. The van der Waals surface area contributed by atoms with Crippen LogP contribution in [0.1, 0.15) is 28.7 Å². The lowest BCUT2D eigenvalue weighted by Gasteiger charge is -2.08. The van der Waals surface area contributed by atoms with Crippen LogP contribution >= 0.6 is 12.4 Å². The van der Waals surface area contributed by atoms with Gasteiger partial charge in [-0.05, 0) is 45.0 Å². The summed E-state index contributed by atoms with van der Waals surface area (Å²) in [5.41, 5.74) is 3.03. The van der Waals surface area contributed by atoms with Crippen molar-refractivity contribution in [2.24, 2.45) is 0 Å². The van der Waals surface area contributed by atoms with E-state index in [0.717, 1.165) is 17.1 Å². The van der Waals surface area contributed by atoms with E-state index in [0.29, 0.717) is 18.1 Å². The number of carbonyl (C=O) groups is 1. The Morgan fingerprint density at radius 2 is 1.86 bits per heavy atom. The number of rotatable bonds is 4. The zero-order valence-electron chi connectivity index (χ0n) is 12.2. The number of aryl methyl sites for hydroxylation is 2. The molecule has 0 spiro atoms. The highest BCUT2D eigenvalue weighted by molar-refractivity contribution is 5.90. The van der Waals surface area contributed by atoms with E-state index in [1.54, 1.807) is 25.1 Å². The molecule has 2 rings (SSSR count). The van der Waals surface area contributed by atoms with Crippen molar-refractivity contribution in [3.05, 3.63) is 47.3 Å². The fourth-order valence-corrected chi connectivity index (χ4v) is 1.85. The van der Waals surface area contributed by atoms with Crippen LogP contribution in [-0.4, -0.2) is 22.5 Å². The number of aromatic nitrogens is 2. The molecule has 1 N–H and O–H groups in total. The minimum absolute atomic E-state index is 0. The Morgan fingerprint density at radius 3 is 2.48 bits per heavy atom. The molecule has 0 bridgehead atoms. The predicted octanol–water partition coefficient (Wildman–Crippen LogP) is 3.44. The fraction of sp³-hybridized carbons (Fsp3) is 0.267. The molecule has 1 aromatic heterocycles. The maximum Gasteiger partial charge on any atom is 0.338 e. The standard InChI is InChI=1S/C15H17N3O2.ClH/c1-4-20-14(19)12-6-5-7-13(9-12)18-15-16-10(2)8-11(3)17-15;/h5-9H,4H2,1-3H3,(H,16,17,18);1H. The van der Waals surface area contributed by atoms with Crippen LogP contribution in [0.25, 0.3) is 0 Å². The van der Waals surface area contributed by atoms with Crippen molar-refractivity contribution >= 4 is 30.0 Å². The van der Waals surface area contributed by atoms with Gasteiger partial charge in [-0.25, -0.2) is 14.8 Å². The number of halogens is 1. The highest BCUT2D eigenvalue weighted by atomic mass is 35.5. The van der Waals surface area contributed by atoms with Gasteiger partial charge >= 0.3 is 5.97 Å². The second-order valence-electron chi connectivity index (χ2n) is 4.40. The molecule has 112 valence electrons. The predicted molar refractivity (Wildman–Crippen MR) is 84.4 cm³/mol. The lowest BCUT2D eigenvalue weighted by molar-refractivity contribution is 0.0526. The maximum atomic E-state index is 11.7. The van der Waals surface area contributed by atoms with Gasteiger partial charge in [0.2, 0.25) is 5.95 Å². The smallest absolute Gasteiger partial charge is 0.338 e. The van der Waals surface area contributed by atoms with Gasteiger partial charge in [-0.3, -0.25) is 0 Å². The Morgan fingerprint density at radius 1 is 1.19 bits per heavy atom. The molecule has 0 aliphatic carbocycles. The van der Waals surface area contributed by atoms with Gasteiger partial charge in [0, 0.05) is 17.1 Å². The Balaban J connectivity index is 0.00000220. The van der Waals surface area contributed by atoms with Crippen LogP contribution in [0.2, 0.25) is 0 Å². The van der Waals surface area contributed by atoms with Gasteiger partial charge in [0.15, 0.2) is 0 Å². The number of anilines is 2. The van der Waals surface area contributed by atoms with Gasteiger partial charge in [-0.1, -0.05) is 6.07 Å². The van der Waals surface area contributed by atoms with Crippen molar-refractivity contribution in [2.75, 3.05) is 11.9 Å². The summed E-state index contributed by atoms with van der Waals surface area (Å²) < 4.78 is 4.97. The quantitative estimate of drug-likeness (QED) is 0.877. The van der Waals surface area contributed by atoms with E-state index in [4.69, 9.17) is 4.74 Å². The van der Waals surface area contributed by atoms with E-state index in [2.05, 4.69) is 15.3 Å². The maximum absolute atomic E-state index is 11.7. The molecule has 6 heteroatoms. The second kappa shape index (κ2) is 7.59. The third-order valence-corrected chi connectivity index (χ3v) is 2.61. The summed E-state index contributed by atoms with van der Waals surface area (Å²) in [6.45, 7) is 5.96. The van der Waals surface area contributed by atoms with Crippen molar-refractivity contribution in [1.29, 1.82) is 0 Å². The number of hydrogen-bond acceptors (Lipinski definition) is 5. The van der Waals surface area contributed by atoms with E-state index < -0.39 is 0 Å². The molecule has 2 aromatic rings. The fourth-order valence-electron chi connectivity index (χ4n) is 1.85. The first-order valence-electron chi connectivity index (χ1n) is 6.45. The number of benzene rings is 1. The number of nitrogens with zero attached hydrogens (tertiary/aromatic N) is 2. The first-order valence-corrected chi connectivity index (χ1v) is 6.45. The third-order valence-electron chi connectivity index (χ3n) is 2.61. The zero-order valence-corrected chi connectivity index (χ0v) is 13.0. The largest absolute Gasteiger partial charge is 0.462 e. The lowest BCUT2D eigenvalue weighted by Crippen LogP contribution is -2.05. The second-order valence-corrected chi connectivity index (χ2v) is 4.40. The van der Waals surface area contributed by atoms with Gasteiger partial charge < -0.3 is 10.1 Å². The van der Waals surface area contributed by atoms with Gasteiger partial charge in [-0.2, -0.15) is 0 Å². The molecule has 0 atom stereocenters. The molecule has 0 fully saturated rings. The van der Waals surface area contributed by atoms with Crippen LogP contribution in [0.15, 0.2) is 30.3 Å². The molecule has 0 aliphatic rings. The van der Waals surface area contributed by atoms with Crippen molar-refractivity contribution in [1.82, 2.24) is 9.97 Å². The summed E-state index contributed by atoms with van der Waals surface area (Å²) in [5.74, 6) is 0.181. The zero-order chi connectivity index (χ0) is 14.5. The van der Waals surface area contributed by atoms with Crippen molar-refractivity contribution in [3.63, 3.8) is 0 Å². The Hall–Kier alpha value is -2.14. The topological polar surface area (TPSA) is 64.1 Å². The van der Waals surface area contributed by atoms with E-state index in [1.807, 2.05) is 26.0 Å². The number of ether oxygens (including phenoxy) is 1. The summed E-state index contributed by atoms with van der Waals surface area (Å²) in [5, 5.41) is 3.09. The van der Waals surface area contributed by atoms with Gasteiger partial charge in [-0.15, -0.1) is 12.4 Å². The Kier molecular flexibility index (Phi) is 6.11. The molecule has 0 saturated heterocycles. The minimum Gasteiger partial charge on any atom is -0.462 e. The summed E-state index contributed by atoms with van der Waals surface area (Å²) in [6, 6.07) is 8.98. The molecule has 0 radical (unpaired) electrons. The van der Waals surface area contributed by atoms with Crippen molar-refractivity contribution in [2.45, 2.75) is 20.8 Å². The van der Waals surface area contributed by atoms with Crippen LogP contribution in [0.5, 0.6) is 0 Å². The molecule has 5 nitrogen and oxygen atoms in total. The minimum atomic E-state index is -0.336. The number of hydrogen-bond donors (Lipinski definition) is 1. The van der Waals surface area contributed by atoms with Crippen LogP contribution < -0.4 is 5.32 Å². The Bertz CT molecular complexity index is 612. The average Bonchev–Trinajstić information content (AvgIpc) is 2.38. The van der Waals surface area contributed by atoms with Crippen LogP contribution in [0, 0.1) is 13.8 Å². The van der Waals surface area contributed by atoms with Gasteiger partial charge in [0.05, 0.1) is 12.2 Å². The molecule has 0 amide bonds. The molecular weight excluding hydrogens is 290 g/mol. The normalized spacial score (nSPS) is 9.67. The SMILES string of the molecule is CCOC(=O)c1cccc(Nc2nc(C)cc(C)n2)c1.Cl. The Labute approximate surface area is 130 Å².